The van der Waals surface area contributed by atoms with Crippen LogP contribution in [0, 0.1) is 5.92 Å². The van der Waals surface area contributed by atoms with Crippen LogP contribution >= 0.6 is 0 Å². The van der Waals surface area contributed by atoms with E-state index < -0.39 is 0 Å². The number of carbonyl (C=O) groups excluding carboxylic acids is 1. The molecule has 0 heterocycles. The summed E-state index contributed by atoms with van der Waals surface area (Å²) >= 11 is 0. The molecule has 3 nitrogen and oxygen atoms in total. The van der Waals surface area contributed by atoms with Crippen LogP contribution in [-0.2, 0) is 11.2 Å². The van der Waals surface area contributed by atoms with E-state index in [1.54, 1.807) is 0 Å². The van der Waals surface area contributed by atoms with Crippen molar-refractivity contribution in [3.63, 3.8) is 0 Å². The SMILES string of the molecule is CN(C)CCC(CC(N)=O)Cc1cccc2ccccc12. The topological polar surface area (TPSA) is 46.3 Å². The van der Waals surface area contributed by atoms with Gasteiger partial charge in [-0.2, -0.15) is 0 Å². The van der Waals surface area contributed by atoms with Crippen LogP contribution in [-0.4, -0.2) is 31.4 Å². The molecule has 0 saturated heterocycles. The number of primary amides is 1. The lowest BCUT2D eigenvalue weighted by Gasteiger charge is -2.19. The van der Waals surface area contributed by atoms with Gasteiger partial charge in [0.25, 0.3) is 0 Å². The number of amides is 1. The van der Waals surface area contributed by atoms with Crippen molar-refractivity contribution in [3.8, 4) is 0 Å². The molecular formula is C18H24N2O. The Kier molecular flexibility index (Phi) is 5.34. The maximum atomic E-state index is 11.3. The van der Waals surface area contributed by atoms with Gasteiger partial charge in [-0.3, -0.25) is 4.79 Å². The summed E-state index contributed by atoms with van der Waals surface area (Å²) in [5, 5.41) is 2.53. The summed E-state index contributed by atoms with van der Waals surface area (Å²) in [6, 6.07) is 14.8. The number of nitrogens with two attached hydrogens (primary N) is 1. The second kappa shape index (κ2) is 7.23. The summed E-state index contributed by atoms with van der Waals surface area (Å²) in [6.07, 6.45) is 2.34. The van der Waals surface area contributed by atoms with E-state index in [4.69, 9.17) is 5.73 Å². The van der Waals surface area contributed by atoms with Crippen molar-refractivity contribution in [3.05, 3.63) is 48.0 Å². The summed E-state index contributed by atoms with van der Waals surface area (Å²) in [7, 11) is 4.11. The summed E-state index contributed by atoms with van der Waals surface area (Å²) in [6.45, 7) is 0.975. The number of hydrogen-bond acceptors (Lipinski definition) is 2. The van der Waals surface area contributed by atoms with E-state index in [1.165, 1.54) is 16.3 Å². The summed E-state index contributed by atoms with van der Waals surface area (Å²) in [5.41, 5.74) is 6.72. The molecule has 0 fully saturated rings. The number of benzene rings is 2. The van der Waals surface area contributed by atoms with Gasteiger partial charge in [0.15, 0.2) is 0 Å². The first-order valence-electron chi connectivity index (χ1n) is 7.46. The number of nitrogens with zero attached hydrogens (tertiary/aromatic N) is 1. The fourth-order valence-electron chi connectivity index (χ4n) is 2.78. The van der Waals surface area contributed by atoms with Crippen molar-refractivity contribution in [1.29, 1.82) is 0 Å². The largest absolute Gasteiger partial charge is 0.370 e. The van der Waals surface area contributed by atoms with E-state index in [0.29, 0.717) is 12.3 Å². The first-order chi connectivity index (χ1) is 10.1. The second-order valence-electron chi connectivity index (χ2n) is 5.97. The van der Waals surface area contributed by atoms with Crippen LogP contribution in [0.2, 0.25) is 0 Å². The zero-order valence-electron chi connectivity index (χ0n) is 12.9. The van der Waals surface area contributed by atoms with Gasteiger partial charge in [-0.1, -0.05) is 42.5 Å². The molecule has 0 aromatic heterocycles. The van der Waals surface area contributed by atoms with Gasteiger partial charge in [-0.05, 0) is 55.7 Å². The van der Waals surface area contributed by atoms with Crippen molar-refractivity contribution in [2.45, 2.75) is 19.3 Å². The third kappa shape index (κ3) is 4.57. The predicted octanol–water partition coefficient (Wildman–Crippen LogP) is 2.83. The van der Waals surface area contributed by atoms with Crippen LogP contribution in [0.4, 0.5) is 0 Å². The maximum Gasteiger partial charge on any atom is 0.217 e. The van der Waals surface area contributed by atoms with Crippen molar-refractivity contribution < 1.29 is 4.79 Å². The number of rotatable bonds is 7. The third-order valence-electron chi connectivity index (χ3n) is 3.86. The van der Waals surface area contributed by atoms with Gasteiger partial charge in [-0.25, -0.2) is 0 Å². The van der Waals surface area contributed by atoms with Crippen molar-refractivity contribution >= 4 is 16.7 Å². The Bertz CT molecular complexity index is 602. The molecule has 2 aromatic rings. The average molecular weight is 284 g/mol. The highest BCUT2D eigenvalue weighted by atomic mass is 16.1. The molecule has 112 valence electrons. The molecule has 0 radical (unpaired) electrons. The molecule has 21 heavy (non-hydrogen) atoms. The smallest absolute Gasteiger partial charge is 0.217 e. The fraction of sp³-hybridized carbons (Fsp3) is 0.389. The Labute approximate surface area is 126 Å². The van der Waals surface area contributed by atoms with Crippen molar-refractivity contribution in [1.82, 2.24) is 4.90 Å². The van der Waals surface area contributed by atoms with E-state index in [-0.39, 0.29) is 5.91 Å². The minimum atomic E-state index is -0.209. The Morgan fingerprint density at radius 1 is 1.14 bits per heavy atom. The maximum absolute atomic E-state index is 11.3. The lowest BCUT2D eigenvalue weighted by molar-refractivity contribution is -0.118. The summed E-state index contributed by atoms with van der Waals surface area (Å²) in [4.78, 5) is 13.5. The predicted molar refractivity (Wildman–Crippen MR) is 88.1 cm³/mol. The number of hydrogen-bond donors (Lipinski definition) is 1. The van der Waals surface area contributed by atoms with Gasteiger partial charge in [0.05, 0.1) is 0 Å². The lowest BCUT2D eigenvalue weighted by Crippen LogP contribution is -2.22. The monoisotopic (exact) mass is 284 g/mol. The number of carbonyl (C=O) groups is 1. The van der Waals surface area contributed by atoms with Crippen LogP contribution in [0.5, 0.6) is 0 Å². The molecule has 0 aliphatic heterocycles. The van der Waals surface area contributed by atoms with Gasteiger partial charge >= 0.3 is 0 Å². The van der Waals surface area contributed by atoms with E-state index in [2.05, 4.69) is 61.5 Å². The van der Waals surface area contributed by atoms with E-state index >= 15 is 0 Å². The van der Waals surface area contributed by atoms with Crippen LogP contribution in [0.1, 0.15) is 18.4 Å². The zero-order chi connectivity index (χ0) is 15.2. The van der Waals surface area contributed by atoms with Gasteiger partial charge in [0.1, 0.15) is 0 Å². The minimum Gasteiger partial charge on any atom is -0.370 e. The Morgan fingerprint density at radius 2 is 1.86 bits per heavy atom. The first kappa shape index (κ1) is 15.5. The highest BCUT2D eigenvalue weighted by Crippen LogP contribution is 2.23. The molecule has 0 spiro atoms. The highest BCUT2D eigenvalue weighted by molar-refractivity contribution is 5.85. The van der Waals surface area contributed by atoms with Gasteiger partial charge in [0, 0.05) is 6.42 Å². The molecular weight excluding hydrogens is 260 g/mol. The average Bonchev–Trinajstić information content (AvgIpc) is 2.44. The molecule has 2 aromatic carbocycles. The van der Waals surface area contributed by atoms with Crippen LogP contribution < -0.4 is 5.73 Å². The van der Waals surface area contributed by atoms with E-state index in [0.717, 1.165) is 19.4 Å². The summed E-state index contributed by atoms with van der Waals surface area (Å²) in [5.74, 6) is 0.0923. The highest BCUT2D eigenvalue weighted by Gasteiger charge is 2.14. The lowest BCUT2D eigenvalue weighted by atomic mass is 9.90. The van der Waals surface area contributed by atoms with Gasteiger partial charge < -0.3 is 10.6 Å². The standard InChI is InChI=1S/C18H24N2O/c1-20(2)11-10-14(13-18(19)21)12-16-8-5-7-15-6-3-4-9-17(15)16/h3-9,14H,10-13H2,1-2H3,(H2,19,21). The molecule has 0 saturated carbocycles. The van der Waals surface area contributed by atoms with Gasteiger partial charge in [-0.15, -0.1) is 0 Å². The van der Waals surface area contributed by atoms with Crippen LogP contribution in [0.15, 0.2) is 42.5 Å². The van der Waals surface area contributed by atoms with Crippen molar-refractivity contribution in [2.24, 2.45) is 11.7 Å². The Morgan fingerprint density at radius 3 is 2.57 bits per heavy atom. The molecule has 2 N–H and O–H groups in total. The molecule has 0 aliphatic carbocycles. The first-order valence-corrected chi connectivity index (χ1v) is 7.46. The van der Waals surface area contributed by atoms with E-state index in [1.807, 2.05) is 0 Å². The molecule has 1 unspecified atom stereocenters. The molecule has 0 bridgehead atoms. The Balaban J connectivity index is 2.19. The molecule has 1 amide bonds. The summed E-state index contributed by atoms with van der Waals surface area (Å²) < 4.78 is 0. The van der Waals surface area contributed by atoms with E-state index in [9.17, 15) is 4.79 Å². The van der Waals surface area contributed by atoms with Crippen LogP contribution in [0.25, 0.3) is 10.8 Å². The Hall–Kier alpha value is -1.87. The van der Waals surface area contributed by atoms with Crippen LogP contribution in [0.3, 0.4) is 0 Å². The number of fused-ring (bicyclic) bond motifs is 1. The molecule has 1 atom stereocenters. The third-order valence-corrected chi connectivity index (χ3v) is 3.86. The zero-order valence-corrected chi connectivity index (χ0v) is 12.9. The second-order valence-corrected chi connectivity index (χ2v) is 5.97. The quantitative estimate of drug-likeness (QED) is 0.850. The normalized spacial score (nSPS) is 12.7. The van der Waals surface area contributed by atoms with Gasteiger partial charge in [0.2, 0.25) is 5.91 Å². The molecule has 0 aliphatic rings. The van der Waals surface area contributed by atoms with Crippen molar-refractivity contribution in [2.75, 3.05) is 20.6 Å². The molecule has 3 heteroatoms. The fourth-order valence-corrected chi connectivity index (χ4v) is 2.78. The molecule has 2 rings (SSSR count). The minimum absolute atomic E-state index is 0.209.